The molecule has 2 N–H and O–H groups in total. The molecule has 0 radical (unpaired) electrons. The largest absolute Gasteiger partial charge is 0.494 e. The first-order valence-corrected chi connectivity index (χ1v) is 14.8. The first kappa shape index (κ1) is 30.4. The Balaban J connectivity index is 1.51. The highest BCUT2D eigenvalue weighted by molar-refractivity contribution is 5.85. The molecule has 2 aromatic rings. The molecule has 2 aromatic carbocycles. The van der Waals surface area contributed by atoms with Gasteiger partial charge in [-0.25, -0.2) is 0 Å². The van der Waals surface area contributed by atoms with Crippen LogP contribution in [0, 0.1) is 0 Å². The number of hydrogen-bond acceptors (Lipinski definition) is 4. The second kappa shape index (κ2) is 21.3. The van der Waals surface area contributed by atoms with Crippen LogP contribution in [0.4, 0.5) is 0 Å². The summed E-state index contributed by atoms with van der Waals surface area (Å²) in [7, 11) is 0. The van der Waals surface area contributed by atoms with Gasteiger partial charge in [0.25, 0.3) is 0 Å². The van der Waals surface area contributed by atoms with Gasteiger partial charge in [-0.1, -0.05) is 102 Å². The Morgan fingerprint density at radius 3 is 1.03 bits per heavy atom. The molecule has 0 aromatic heterocycles. The van der Waals surface area contributed by atoms with Gasteiger partial charge in [-0.15, -0.1) is 0 Å². The second-order valence-corrected chi connectivity index (χ2v) is 10.2. The lowest BCUT2D eigenvalue weighted by atomic mass is 10.1. The third kappa shape index (κ3) is 14.7. The summed E-state index contributed by atoms with van der Waals surface area (Å²) in [4.78, 5) is 0. The molecule has 0 bridgehead atoms. The summed E-state index contributed by atoms with van der Waals surface area (Å²) >= 11 is 0. The quantitative estimate of drug-likeness (QED) is 0.142. The maximum absolute atomic E-state index is 8.80. The second-order valence-electron chi connectivity index (χ2n) is 10.2. The molecule has 0 aliphatic rings. The van der Waals surface area contributed by atoms with Crippen molar-refractivity contribution in [3.63, 3.8) is 0 Å². The fourth-order valence-corrected chi connectivity index (χ4v) is 4.66. The SMILES string of the molecule is OCCCCCCCCCCCOc1ccc2cc(OCCCCCCCCCCCO)ccc2c1. The zero-order valence-electron chi connectivity index (χ0n) is 22.7. The highest BCUT2D eigenvalue weighted by atomic mass is 16.5. The van der Waals surface area contributed by atoms with Gasteiger partial charge in [0, 0.05) is 13.2 Å². The minimum absolute atomic E-state index is 0.335. The van der Waals surface area contributed by atoms with E-state index in [1.165, 1.54) is 101 Å². The van der Waals surface area contributed by atoms with Crippen molar-refractivity contribution >= 4 is 10.8 Å². The predicted molar refractivity (Wildman–Crippen MR) is 152 cm³/mol. The monoisotopic (exact) mass is 500 g/mol. The summed E-state index contributed by atoms with van der Waals surface area (Å²) in [5.41, 5.74) is 0. The number of hydrogen-bond donors (Lipinski definition) is 2. The molecule has 0 atom stereocenters. The molecule has 4 heteroatoms. The van der Waals surface area contributed by atoms with E-state index < -0.39 is 0 Å². The minimum Gasteiger partial charge on any atom is -0.494 e. The molecule has 0 spiro atoms. The highest BCUT2D eigenvalue weighted by Gasteiger charge is 2.02. The smallest absolute Gasteiger partial charge is 0.119 e. The van der Waals surface area contributed by atoms with Crippen LogP contribution in [0.25, 0.3) is 10.8 Å². The number of benzene rings is 2. The molecule has 0 unspecified atom stereocenters. The summed E-state index contributed by atoms with van der Waals surface area (Å²) in [6, 6.07) is 12.7. The molecule has 0 aliphatic carbocycles. The lowest BCUT2D eigenvalue weighted by molar-refractivity contribution is 0.282. The number of ether oxygens (including phenoxy) is 2. The van der Waals surface area contributed by atoms with Crippen molar-refractivity contribution < 1.29 is 19.7 Å². The van der Waals surface area contributed by atoms with Crippen LogP contribution >= 0.6 is 0 Å². The van der Waals surface area contributed by atoms with Crippen molar-refractivity contribution in [1.29, 1.82) is 0 Å². The molecule has 0 heterocycles. The van der Waals surface area contributed by atoms with Crippen LogP contribution in [0.5, 0.6) is 11.5 Å². The molecular weight excluding hydrogens is 448 g/mol. The molecule has 0 saturated carbocycles. The zero-order chi connectivity index (χ0) is 25.5. The van der Waals surface area contributed by atoms with Crippen LogP contribution in [-0.4, -0.2) is 36.6 Å². The highest BCUT2D eigenvalue weighted by Crippen LogP contribution is 2.25. The molecule has 0 fully saturated rings. The maximum Gasteiger partial charge on any atom is 0.119 e. The van der Waals surface area contributed by atoms with Gasteiger partial charge in [-0.2, -0.15) is 0 Å². The Morgan fingerprint density at radius 2 is 0.694 bits per heavy atom. The first-order chi connectivity index (χ1) is 17.8. The molecule has 4 nitrogen and oxygen atoms in total. The van der Waals surface area contributed by atoms with Gasteiger partial charge in [-0.05, 0) is 60.7 Å². The molecule has 0 saturated heterocycles. The van der Waals surface area contributed by atoms with Crippen molar-refractivity contribution in [1.82, 2.24) is 0 Å². The van der Waals surface area contributed by atoms with Gasteiger partial charge in [0.2, 0.25) is 0 Å². The van der Waals surface area contributed by atoms with E-state index >= 15 is 0 Å². The van der Waals surface area contributed by atoms with Gasteiger partial charge in [-0.3, -0.25) is 0 Å². The zero-order valence-corrected chi connectivity index (χ0v) is 22.7. The summed E-state index contributed by atoms with van der Waals surface area (Å²) in [6.07, 6.45) is 21.9. The summed E-state index contributed by atoms with van der Waals surface area (Å²) in [5, 5.41) is 20.0. The molecule has 2 rings (SSSR count). The summed E-state index contributed by atoms with van der Waals surface area (Å²) in [5.74, 6) is 1.90. The van der Waals surface area contributed by atoms with Gasteiger partial charge in [0.15, 0.2) is 0 Å². The molecule has 0 aliphatic heterocycles. The minimum atomic E-state index is 0.335. The first-order valence-electron chi connectivity index (χ1n) is 14.8. The molecule has 36 heavy (non-hydrogen) atoms. The van der Waals surface area contributed by atoms with Gasteiger partial charge < -0.3 is 19.7 Å². The van der Waals surface area contributed by atoms with Crippen molar-refractivity contribution in [3.05, 3.63) is 36.4 Å². The lowest BCUT2D eigenvalue weighted by Gasteiger charge is -2.10. The van der Waals surface area contributed by atoms with Crippen molar-refractivity contribution in [2.24, 2.45) is 0 Å². The molecular formula is C32H52O4. The Bertz CT molecular complexity index is 711. The van der Waals surface area contributed by atoms with Crippen molar-refractivity contribution in [2.75, 3.05) is 26.4 Å². The summed E-state index contributed by atoms with van der Waals surface area (Å²) in [6.45, 7) is 2.24. The average molecular weight is 501 g/mol. The average Bonchev–Trinajstić information content (AvgIpc) is 2.90. The van der Waals surface area contributed by atoms with Crippen molar-refractivity contribution in [3.8, 4) is 11.5 Å². The van der Waals surface area contributed by atoms with E-state index in [-0.39, 0.29) is 0 Å². The van der Waals surface area contributed by atoms with E-state index in [0.29, 0.717) is 13.2 Å². The Labute approximate surface area is 220 Å². The normalized spacial score (nSPS) is 11.3. The number of aliphatic hydroxyl groups is 2. The van der Waals surface area contributed by atoms with E-state index in [4.69, 9.17) is 19.7 Å². The Hall–Kier alpha value is -1.78. The number of rotatable bonds is 24. The number of fused-ring (bicyclic) bond motifs is 1. The third-order valence-corrected chi connectivity index (χ3v) is 6.93. The number of aliphatic hydroxyl groups excluding tert-OH is 2. The van der Waals surface area contributed by atoms with Crippen LogP contribution in [0.1, 0.15) is 116 Å². The number of unbranched alkanes of at least 4 members (excludes halogenated alkanes) is 16. The molecule has 0 amide bonds. The van der Waals surface area contributed by atoms with E-state index in [1.54, 1.807) is 0 Å². The topological polar surface area (TPSA) is 58.9 Å². The van der Waals surface area contributed by atoms with E-state index in [1.807, 2.05) is 0 Å². The lowest BCUT2D eigenvalue weighted by Crippen LogP contribution is -1.98. The van der Waals surface area contributed by atoms with Crippen LogP contribution < -0.4 is 9.47 Å². The Kier molecular flexibility index (Phi) is 18.0. The van der Waals surface area contributed by atoms with E-state index in [9.17, 15) is 0 Å². The fourth-order valence-electron chi connectivity index (χ4n) is 4.66. The van der Waals surface area contributed by atoms with Gasteiger partial charge in [0.05, 0.1) is 13.2 Å². The fraction of sp³-hybridized carbons (Fsp3) is 0.688. The van der Waals surface area contributed by atoms with E-state index in [0.717, 1.165) is 50.4 Å². The van der Waals surface area contributed by atoms with Gasteiger partial charge in [0.1, 0.15) is 11.5 Å². The van der Waals surface area contributed by atoms with Crippen LogP contribution in [0.2, 0.25) is 0 Å². The van der Waals surface area contributed by atoms with Crippen molar-refractivity contribution in [2.45, 2.75) is 116 Å². The predicted octanol–water partition coefficient (Wildman–Crippen LogP) is 8.60. The third-order valence-electron chi connectivity index (χ3n) is 6.93. The summed E-state index contributed by atoms with van der Waals surface area (Å²) < 4.78 is 12.0. The van der Waals surface area contributed by atoms with Crippen LogP contribution in [0.3, 0.4) is 0 Å². The standard InChI is InChI=1S/C32H52O4/c33-23-15-11-7-3-1-5-9-13-17-25-35-31-21-19-30-28-32(22-20-29(30)27-31)36-26-18-14-10-6-2-4-8-12-16-24-34/h19-22,27-28,33-34H,1-18,23-26H2. The molecule has 204 valence electrons. The maximum atomic E-state index is 8.80. The van der Waals surface area contributed by atoms with E-state index in [2.05, 4.69) is 36.4 Å². The van der Waals surface area contributed by atoms with Gasteiger partial charge >= 0.3 is 0 Å². The van der Waals surface area contributed by atoms with Crippen LogP contribution in [0.15, 0.2) is 36.4 Å². The van der Waals surface area contributed by atoms with Crippen LogP contribution in [-0.2, 0) is 0 Å². The Morgan fingerprint density at radius 1 is 0.389 bits per heavy atom.